The average Bonchev–Trinajstić information content (AvgIpc) is 2.44. The van der Waals surface area contributed by atoms with Crippen LogP contribution in [0.1, 0.15) is 11.1 Å². The summed E-state index contributed by atoms with van der Waals surface area (Å²) in [7, 11) is 0. The van der Waals surface area contributed by atoms with Gasteiger partial charge in [0.2, 0.25) is 0 Å². The van der Waals surface area contributed by atoms with Crippen LogP contribution in [0, 0.1) is 23.5 Å². The van der Waals surface area contributed by atoms with Crippen LogP contribution in [0.3, 0.4) is 0 Å². The molecule has 2 nitrogen and oxygen atoms in total. The lowest BCUT2D eigenvalue weighted by Gasteiger charge is -2.07. The van der Waals surface area contributed by atoms with E-state index >= 15 is 0 Å². The number of hydrogen-bond donors (Lipinski definition) is 1. The van der Waals surface area contributed by atoms with Crippen LogP contribution in [-0.2, 0) is 6.61 Å². The van der Waals surface area contributed by atoms with Gasteiger partial charge < -0.3 is 9.84 Å². The van der Waals surface area contributed by atoms with E-state index in [2.05, 4.69) is 11.8 Å². The maximum absolute atomic E-state index is 13.4. The van der Waals surface area contributed by atoms with Gasteiger partial charge in [-0.2, -0.15) is 0 Å². The average molecular weight is 274 g/mol. The predicted octanol–water partition coefficient (Wildman–Crippen LogP) is 2.89. The molecule has 0 aromatic heterocycles. The highest BCUT2D eigenvalue weighted by atomic mass is 19.1. The highest BCUT2D eigenvalue weighted by Crippen LogP contribution is 2.18. The van der Waals surface area contributed by atoms with Gasteiger partial charge in [-0.05, 0) is 35.9 Å². The Kier molecular flexibility index (Phi) is 4.70. The Bertz CT molecular complexity index is 657. The van der Waals surface area contributed by atoms with Gasteiger partial charge in [0.25, 0.3) is 0 Å². The van der Waals surface area contributed by atoms with Crippen molar-refractivity contribution in [3.05, 3.63) is 65.2 Å². The Morgan fingerprint density at radius 2 is 1.90 bits per heavy atom. The number of ether oxygens (including phenoxy) is 1. The van der Waals surface area contributed by atoms with Crippen molar-refractivity contribution in [1.29, 1.82) is 0 Å². The number of benzene rings is 2. The van der Waals surface area contributed by atoms with E-state index in [1.165, 1.54) is 24.3 Å². The lowest BCUT2D eigenvalue weighted by Crippen LogP contribution is -1.98. The fourth-order valence-electron chi connectivity index (χ4n) is 1.67. The molecular weight excluding hydrogens is 262 g/mol. The van der Waals surface area contributed by atoms with Crippen LogP contribution in [-0.4, -0.2) is 11.7 Å². The summed E-state index contributed by atoms with van der Waals surface area (Å²) in [5, 5.41) is 8.62. The topological polar surface area (TPSA) is 29.5 Å². The van der Waals surface area contributed by atoms with E-state index in [0.717, 1.165) is 0 Å². The summed E-state index contributed by atoms with van der Waals surface area (Å²) in [6.07, 6.45) is 0. The van der Waals surface area contributed by atoms with Gasteiger partial charge in [-0.15, -0.1) is 0 Å². The van der Waals surface area contributed by atoms with E-state index < -0.39 is 11.6 Å². The van der Waals surface area contributed by atoms with Gasteiger partial charge in [0.1, 0.15) is 19.0 Å². The first-order valence-corrected chi connectivity index (χ1v) is 5.95. The van der Waals surface area contributed by atoms with Crippen LogP contribution in [0.2, 0.25) is 0 Å². The molecule has 2 rings (SSSR count). The standard InChI is InChI=1S/C16H12F2O2/c17-14-9-12(4-3-7-19)8-13(10-14)11-20-16-6-2-1-5-15(16)18/h1-2,5-6,8-10,19H,7,11H2. The Hall–Kier alpha value is -2.38. The molecule has 2 aromatic carbocycles. The molecule has 0 fully saturated rings. The lowest BCUT2D eigenvalue weighted by molar-refractivity contribution is 0.290. The van der Waals surface area contributed by atoms with Gasteiger partial charge in [-0.25, -0.2) is 8.78 Å². The van der Waals surface area contributed by atoms with Gasteiger partial charge in [0.15, 0.2) is 11.6 Å². The zero-order valence-electron chi connectivity index (χ0n) is 10.6. The minimum absolute atomic E-state index is 0.0342. The van der Waals surface area contributed by atoms with Crippen LogP contribution in [0.5, 0.6) is 5.75 Å². The van der Waals surface area contributed by atoms with E-state index in [1.807, 2.05) is 0 Å². The van der Waals surface area contributed by atoms with Crippen LogP contribution in [0.15, 0.2) is 42.5 Å². The quantitative estimate of drug-likeness (QED) is 0.872. The van der Waals surface area contributed by atoms with E-state index in [9.17, 15) is 8.78 Å². The molecule has 0 aliphatic rings. The number of aliphatic hydroxyl groups excluding tert-OH is 1. The van der Waals surface area contributed by atoms with Crippen molar-refractivity contribution < 1.29 is 18.6 Å². The fourth-order valence-corrected chi connectivity index (χ4v) is 1.67. The van der Waals surface area contributed by atoms with Gasteiger partial charge in [0.05, 0.1) is 0 Å². The predicted molar refractivity (Wildman–Crippen MR) is 71.1 cm³/mol. The Morgan fingerprint density at radius 3 is 2.65 bits per heavy atom. The monoisotopic (exact) mass is 274 g/mol. The molecule has 0 radical (unpaired) electrons. The number of aliphatic hydroxyl groups is 1. The molecule has 20 heavy (non-hydrogen) atoms. The second-order valence-corrected chi connectivity index (χ2v) is 4.03. The first-order valence-electron chi connectivity index (χ1n) is 5.95. The number of para-hydroxylation sites is 1. The minimum atomic E-state index is -0.468. The molecule has 0 saturated heterocycles. The number of halogens is 2. The highest BCUT2D eigenvalue weighted by Gasteiger charge is 2.04. The smallest absolute Gasteiger partial charge is 0.165 e. The molecule has 0 heterocycles. The van der Waals surface area contributed by atoms with Crippen LogP contribution >= 0.6 is 0 Å². The summed E-state index contributed by atoms with van der Waals surface area (Å²) in [6, 6.07) is 10.2. The summed E-state index contributed by atoms with van der Waals surface area (Å²) >= 11 is 0. The van der Waals surface area contributed by atoms with Gasteiger partial charge >= 0.3 is 0 Å². The van der Waals surface area contributed by atoms with Gasteiger partial charge in [-0.3, -0.25) is 0 Å². The highest BCUT2D eigenvalue weighted by molar-refractivity contribution is 5.38. The molecule has 0 atom stereocenters. The second-order valence-electron chi connectivity index (χ2n) is 4.03. The molecule has 0 aliphatic carbocycles. The molecule has 0 spiro atoms. The van der Waals surface area contributed by atoms with Crippen molar-refractivity contribution >= 4 is 0 Å². The zero-order valence-corrected chi connectivity index (χ0v) is 10.6. The molecule has 0 amide bonds. The van der Waals surface area contributed by atoms with E-state index in [4.69, 9.17) is 9.84 Å². The van der Waals surface area contributed by atoms with E-state index in [1.54, 1.807) is 18.2 Å². The first-order chi connectivity index (χ1) is 9.69. The maximum Gasteiger partial charge on any atom is 0.165 e. The summed E-state index contributed by atoms with van der Waals surface area (Å²) in [5.41, 5.74) is 0.974. The van der Waals surface area contributed by atoms with Crippen LogP contribution in [0.25, 0.3) is 0 Å². The summed E-state index contributed by atoms with van der Waals surface area (Å²) in [5.74, 6) is 4.24. The van der Waals surface area contributed by atoms with Gasteiger partial charge in [0, 0.05) is 5.56 Å². The summed E-state index contributed by atoms with van der Waals surface area (Å²) in [4.78, 5) is 0. The molecule has 0 bridgehead atoms. The molecule has 2 aromatic rings. The van der Waals surface area contributed by atoms with Crippen LogP contribution < -0.4 is 4.74 Å². The summed E-state index contributed by atoms with van der Waals surface area (Å²) < 4.78 is 32.1. The maximum atomic E-state index is 13.4. The third-order valence-corrected chi connectivity index (χ3v) is 2.50. The molecule has 0 aliphatic heterocycles. The Labute approximate surface area is 115 Å². The Balaban J connectivity index is 2.13. The van der Waals surface area contributed by atoms with Crippen molar-refractivity contribution in [3.63, 3.8) is 0 Å². The zero-order chi connectivity index (χ0) is 14.4. The molecule has 0 saturated carbocycles. The van der Waals surface area contributed by atoms with Crippen molar-refractivity contribution in [1.82, 2.24) is 0 Å². The Morgan fingerprint density at radius 1 is 1.10 bits per heavy atom. The third-order valence-electron chi connectivity index (χ3n) is 2.50. The fraction of sp³-hybridized carbons (Fsp3) is 0.125. The molecule has 0 unspecified atom stereocenters. The minimum Gasteiger partial charge on any atom is -0.486 e. The largest absolute Gasteiger partial charge is 0.486 e. The van der Waals surface area contributed by atoms with E-state index in [-0.39, 0.29) is 19.0 Å². The molecule has 1 N–H and O–H groups in total. The molecule has 102 valence electrons. The van der Waals surface area contributed by atoms with Gasteiger partial charge in [-0.1, -0.05) is 24.0 Å². The van der Waals surface area contributed by atoms with Crippen LogP contribution in [0.4, 0.5) is 8.78 Å². The second kappa shape index (κ2) is 6.69. The van der Waals surface area contributed by atoms with Crippen molar-refractivity contribution in [2.24, 2.45) is 0 Å². The van der Waals surface area contributed by atoms with Crippen molar-refractivity contribution in [2.45, 2.75) is 6.61 Å². The lowest BCUT2D eigenvalue weighted by atomic mass is 10.1. The van der Waals surface area contributed by atoms with Crippen molar-refractivity contribution in [3.8, 4) is 17.6 Å². The molecule has 4 heteroatoms. The first kappa shape index (κ1) is 14.0. The number of rotatable bonds is 3. The van der Waals surface area contributed by atoms with E-state index in [0.29, 0.717) is 11.1 Å². The molecular formula is C16H12F2O2. The third kappa shape index (κ3) is 3.81. The number of hydrogen-bond acceptors (Lipinski definition) is 2. The SMILES string of the molecule is OCC#Cc1cc(F)cc(COc2ccccc2F)c1. The van der Waals surface area contributed by atoms with Crippen molar-refractivity contribution in [2.75, 3.05) is 6.61 Å². The summed E-state index contributed by atoms with van der Waals surface area (Å²) in [6.45, 7) is -0.260. The normalized spacial score (nSPS) is 9.75.